The van der Waals surface area contributed by atoms with Crippen LogP contribution in [0.15, 0.2) is 36.4 Å². The number of methoxy groups -OCH3 is 1. The summed E-state index contributed by atoms with van der Waals surface area (Å²) in [5.41, 5.74) is 3.77. The van der Waals surface area contributed by atoms with Crippen molar-refractivity contribution in [3.05, 3.63) is 47.5 Å². The van der Waals surface area contributed by atoms with E-state index in [9.17, 15) is 24.6 Å². The number of hydrogen-bond acceptors (Lipinski definition) is 9. The van der Waals surface area contributed by atoms with E-state index in [1.165, 1.54) is 6.42 Å². The van der Waals surface area contributed by atoms with Crippen LogP contribution in [0.4, 0.5) is 5.69 Å². The molecule has 3 amide bonds. The van der Waals surface area contributed by atoms with Crippen LogP contribution in [-0.2, 0) is 21.0 Å². The lowest BCUT2D eigenvalue weighted by atomic mass is 9.45. The van der Waals surface area contributed by atoms with Crippen molar-refractivity contribution < 1.29 is 34.2 Å². The summed E-state index contributed by atoms with van der Waals surface area (Å²) in [6.45, 7) is 12.9. The molecular formula is C41H61N5O7. The lowest BCUT2D eigenvalue weighted by Crippen LogP contribution is -2.62. The molecule has 4 fully saturated rings. The second-order valence-electron chi connectivity index (χ2n) is 16.6. The number of anilines is 1. The Kier molecular flexibility index (Phi) is 12.8. The molecule has 3 saturated carbocycles. The Morgan fingerprint density at radius 2 is 1.79 bits per heavy atom. The fourth-order valence-corrected chi connectivity index (χ4v) is 8.91. The predicted octanol–water partition coefficient (Wildman–Crippen LogP) is 3.98. The number of nitrogens with one attached hydrogen (secondary N) is 3. The number of carbonyl (C=O) groups excluding carboxylic acids is 3. The zero-order valence-electron chi connectivity index (χ0n) is 32.9. The number of fused-ring (bicyclic) bond motifs is 2. The van der Waals surface area contributed by atoms with Gasteiger partial charge in [-0.1, -0.05) is 52.8 Å². The minimum atomic E-state index is -0.910. The van der Waals surface area contributed by atoms with Gasteiger partial charge in [0.2, 0.25) is 11.8 Å². The molecule has 292 valence electrons. The van der Waals surface area contributed by atoms with E-state index in [0.717, 1.165) is 28.8 Å². The Morgan fingerprint density at radius 1 is 1.08 bits per heavy atom. The number of aliphatic hydroxyl groups is 2. The number of amides is 3. The Labute approximate surface area is 314 Å². The molecule has 4 aliphatic rings. The first-order valence-electron chi connectivity index (χ1n) is 19.1. The van der Waals surface area contributed by atoms with Crippen LogP contribution in [-0.4, -0.2) is 98.2 Å². The van der Waals surface area contributed by atoms with Crippen LogP contribution < -0.4 is 25.6 Å². The van der Waals surface area contributed by atoms with Crippen molar-refractivity contribution in [1.82, 2.24) is 21.0 Å². The first-order chi connectivity index (χ1) is 25.1. The summed E-state index contributed by atoms with van der Waals surface area (Å²) < 4.78 is 6.03. The summed E-state index contributed by atoms with van der Waals surface area (Å²) in [6.07, 6.45) is 0.872. The van der Waals surface area contributed by atoms with Gasteiger partial charge >= 0.3 is 0 Å². The van der Waals surface area contributed by atoms with Gasteiger partial charge in [0.15, 0.2) is 0 Å². The van der Waals surface area contributed by atoms with Crippen LogP contribution in [0, 0.1) is 35.0 Å². The smallest absolute Gasteiger partial charge is 0.251 e. The van der Waals surface area contributed by atoms with Crippen molar-refractivity contribution in [1.29, 1.82) is 0 Å². The number of hydrogen-bond donors (Lipinski definition) is 5. The number of rotatable bonds is 15. The molecule has 1 heterocycles. The molecular weight excluding hydrogens is 674 g/mol. The zero-order chi connectivity index (χ0) is 38.8. The molecule has 2 aromatic rings. The molecule has 2 aromatic carbocycles. The number of hydroxylamine groups is 2. The van der Waals surface area contributed by atoms with Crippen LogP contribution in [0.5, 0.6) is 5.75 Å². The molecule has 8 atom stereocenters. The molecule has 6 rings (SSSR count). The first-order valence-corrected chi connectivity index (χ1v) is 19.1. The van der Waals surface area contributed by atoms with E-state index >= 15 is 0 Å². The van der Waals surface area contributed by atoms with Crippen LogP contribution in [0.3, 0.4) is 0 Å². The van der Waals surface area contributed by atoms with E-state index in [0.29, 0.717) is 42.0 Å². The highest BCUT2D eigenvalue weighted by Crippen LogP contribution is 2.61. The molecule has 12 nitrogen and oxygen atoms in total. The first kappa shape index (κ1) is 40.5. The SMILES string of the molecule is COc1c(CN2O[C@@H](CO)[C@@H]([C@H](C)O)[C@H]2C(=O)N[C@H]2C[C@H]3C[C@@H]([C@@H]2C)C3(C)C)cccc1-c1cc(C(=O)NCCNC(=O)CC(C)C)cc(N(C)C)c1. The molecule has 0 spiro atoms. The van der Waals surface area contributed by atoms with E-state index in [1.54, 1.807) is 19.1 Å². The van der Waals surface area contributed by atoms with Gasteiger partial charge in [0.1, 0.15) is 17.9 Å². The topological polar surface area (TPSA) is 153 Å². The van der Waals surface area contributed by atoms with Gasteiger partial charge in [0.25, 0.3) is 5.91 Å². The van der Waals surface area contributed by atoms with Gasteiger partial charge in [-0.05, 0) is 72.6 Å². The van der Waals surface area contributed by atoms with Gasteiger partial charge in [-0.15, -0.1) is 0 Å². The number of para-hydroxylation sites is 1. The van der Waals surface area contributed by atoms with Gasteiger partial charge in [0, 0.05) is 67.9 Å². The van der Waals surface area contributed by atoms with Crippen molar-refractivity contribution in [2.24, 2.45) is 35.0 Å². The lowest BCUT2D eigenvalue weighted by molar-refractivity contribution is -0.183. The minimum absolute atomic E-state index is 0.0285. The highest BCUT2D eigenvalue weighted by molar-refractivity contribution is 5.97. The maximum atomic E-state index is 14.2. The molecule has 2 bridgehead atoms. The molecule has 0 aromatic heterocycles. The van der Waals surface area contributed by atoms with Crippen LogP contribution >= 0.6 is 0 Å². The van der Waals surface area contributed by atoms with Gasteiger partial charge in [-0.3, -0.25) is 19.2 Å². The van der Waals surface area contributed by atoms with Crippen molar-refractivity contribution in [3.63, 3.8) is 0 Å². The van der Waals surface area contributed by atoms with Crippen LogP contribution in [0.2, 0.25) is 0 Å². The highest BCUT2D eigenvalue weighted by atomic mass is 16.7. The highest BCUT2D eigenvalue weighted by Gasteiger charge is 2.57. The normalized spacial score (nSPS) is 26.8. The second kappa shape index (κ2) is 16.8. The number of carbonyl (C=O) groups is 3. The summed E-state index contributed by atoms with van der Waals surface area (Å²) in [7, 11) is 5.40. The van der Waals surface area contributed by atoms with Gasteiger partial charge in [0.05, 0.1) is 26.4 Å². The molecule has 1 saturated heterocycles. The lowest BCUT2D eigenvalue weighted by Gasteiger charge is -2.62. The van der Waals surface area contributed by atoms with E-state index in [1.807, 2.05) is 69.2 Å². The molecule has 3 aliphatic carbocycles. The molecule has 1 aliphatic heterocycles. The summed E-state index contributed by atoms with van der Waals surface area (Å²) >= 11 is 0. The van der Waals surface area contributed by atoms with E-state index in [-0.39, 0.29) is 54.8 Å². The molecule has 12 heteroatoms. The monoisotopic (exact) mass is 735 g/mol. The van der Waals surface area contributed by atoms with E-state index < -0.39 is 24.2 Å². The average molecular weight is 736 g/mol. The van der Waals surface area contributed by atoms with Gasteiger partial charge in [-0.2, -0.15) is 5.06 Å². The third-order valence-corrected chi connectivity index (χ3v) is 12.0. The van der Waals surface area contributed by atoms with Crippen molar-refractivity contribution >= 4 is 23.4 Å². The molecule has 0 radical (unpaired) electrons. The standard InChI is InChI=1S/C41H61N5O7/c1-23(2)15-35(49)42-13-14-43-39(50)28-16-27(17-30(18-28)45(7)8)31-12-10-11-26(38(31)52-9)21-46-37(36(25(4)48)34(22-47)53-46)40(51)44-33-20-29-19-32(24(33)3)41(29,5)6/h10-12,16-18,23-25,29,32-34,36-37,47-48H,13-15,19-22H2,1-9H3,(H,42,49)(H,43,50)(H,44,51)/t24-,25-,29+,32-,33-,34-,36+,37-/m0/s1. The van der Waals surface area contributed by atoms with Gasteiger partial charge < -0.3 is 35.8 Å². The number of ether oxygens (including phenoxy) is 1. The fourth-order valence-electron chi connectivity index (χ4n) is 8.91. The summed E-state index contributed by atoms with van der Waals surface area (Å²) in [5, 5.41) is 31.9. The number of benzene rings is 2. The Hall–Kier alpha value is -3.71. The largest absolute Gasteiger partial charge is 0.496 e. The van der Waals surface area contributed by atoms with Crippen LogP contribution in [0.1, 0.15) is 76.7 Å². The summed E-state index contributed by atoms with van der Waals surface area (Å²) in [4.78, 5) is 47.8. The third kappa shape index (κ3) is 8.66. The number of nitrogens with zero attached hydrogens (tertiary/aromatic N) is 2. The van der Waals surface area contributed by atoms with Crippen molar-refractivity contribution in [2.45, 2.75) is 91.6 Å². The maximum absolute atomic E-state index is 14.2. The van der Waals surface area contributed by atoms with E-state index in [2.05, 4.69) is 36.7 Å². The molecule has 5 N–H and O–H groups in total. The minimum Gasteiger partial charge on any atom is -0.496 e. The summed E-state index contributed by atoms with van der Waals surface area (Å²) in [6, 6.07) is 10.5. The van der Waals surface area contributed by atoms with Crippen LogP contribution in [0.25, 0.3) is 11.1 Å². The molecule has 0 unspecified atom stereocenters. The predicted molar refractivity (Wildman–Crippen MR) is 205 cm³/mol. The van der Waals surface area contributed by atoms with Gasteiger partial charge in [-0.25, -0.2) is 0 Å². The third-order valence-electron chi connectivity index (χ3n) is 12.0. The quantitative estimate of drug-likeness (QED) is 0.171. The zero-order valence-corrected chi connectivity index (χ0v) is 32.9. The fraction of sp³-hybridized carbons (Fsp3) is 0.634. The van der Waals surface area contributed by atoms with Crippen molar-refractivity contribution in [2.75, 3.05) is 45.8 Å². The van der Waals surface area contributed by atoms with Crippen molar-refractivity contribution in [3.8, 4) is 16.9 Å². The average Bonchev–Trinajstić information content (AvgIpc) is 3.48. The Balaban J connectivity index is 1.39. The Morgan fingerprint density at radius 3 is 2.40 bits per heavy atom. The molecule has 53 heavy (non-hydrogen) atoms. The summed E-state index contributed by atoms with van der Waals surface area (Å²) in [5.74, 6) is 1.06. The maximum Gasteiger partial charge on any atom is 0.251 e. The Bertz CT molecular complexity index is 1630. The second-order valence-corrected chi connectivity index (χ2v) is 16.6. The number of aliphatic hydroxyl groups excluding tert-OH is 2. The van der Waals surface area contributed by atoms with E-state index in [4.69, 9.17) is 9.57 Å².